The number of aromatic nitrogens is 1. The van der Waals surface area contributed by atoms with Gasteiger partial charge in [-0.1, -0.05) is 30.3 Å². The van der Waals surface area contributed by atoms with E-state index in [-0.39, 0.29) is 6.10 Å². The van der Waals surface area contributed by atoms with Crippen LogP contribution >= 0.6 is 11.3 Å². The number of morpholine rings is 1. The van der Waals surface area contributed by atoms with Gasteiger partial charge in [0.1, 0.15) is 11.1 Å². The third-order valence-electron chi connectivity index (χ3n) is 3.14. The lowest BCUT2D eigenvalue weighted by Crippen LogP contribution is -2.35. The Morgan fingerprint density at radius 3 is 2.94 bits per heavy atom. The molecule has 0 N–H and O–H groups in total. The molecule has 1 aromatic carbocycles. The van der Waals surface area contributed by atoms with Crippen molar-refractivity contribution in [1.82, 2.24) is 9.88 Å². The number of likely N-dealkylation sites (N-methyl/N-ethyl adjacent to an activating group) is 1. The lowest BCUT2D eigenvalue weighted by Gasteiger charge is -2.28. The van der Waals surface area contributed by atoms with Gasteiger partial charge in [-0.15, -0.1) is 11.3 Å². The average molecular weight is 260 g/mol. The van der Waals surface area contributed by atoms with E-state index in [0.717, 1.165) is 30.4 Å². The molecule has 0 radical (unpaired) electrons. The van der Waals surface area contributed by atoms with Gasteiger partial charge in [-0.2, -0.15) is 0 Å². The minimum Gasteiger partial charge on any atom is -0.368 e. The quantitative estimate of drug-likeness (QED) is 0.830. The Hall–Kier alpha value is -1.23. The number of thiazole rings is 1. The summed E-state index contributed by atoms with van der Waals surface area (Å²) in [7, 11) is 2.13. The second kappa shape index (κ2) is 5.18. The van der Waals surface area contributed by atoms with Crippen molar-refractivity contribution >= 4 is 11.3 Å². The minimum absolute atomic E-state index is 0.131. The van der Waals surface area contributed by atoms with Gasteiger partial charge < -0.3 is 9.64 Å². The number of hydrogen-bond donors (Lipinski definition) is 0. The van der Waals surface area contributed by atoms with Crippen LogP contribution in [0.5, 0.6) is 0 Å². The Morgan fingerprint density at radius 1 is 1.33 bits per heavy atom. The zero-order chi connectivity index (χ0) is 12.4. The van der Waals surface area contributed by atoms with Crippen LogP contribution in [0.4, 0.5) is 0 Å². The van der Waals surface area contributed by atoms with Crippen LogP contribution in [0.2, 0.25) is 0 Å². The molecule has 3 rings (SSSR count). The Morgan fingerprint density at radius 2 is 2.17 bits per heavy atom. The molecule has 0 saturated carbocycles. The van der Waals surface area contributed by atoms with E-state index in [1.165, 1.54) is 5.56 Å². The lowest BCUT2D eigenvalue weighted by atomic mass is 10.2. The van der Waals surface area contributed by atoms with Crippen LogP contribution in [0.3, 0.4) is 0 Å². The number of ether oxygens (including phenoxy) is 1. The molecule has 0 spiro atoms. The Labute approximate surface area is 111 Å². The van der Waals surface area contributed by atoms with Gasteiger partial charge in [0.2, 0.25) is 0 Å². The van der Waals surface area contributed by atoms with Crippen molar-refractivity contribution in [3.63, 3.8) is 0 Å². The summed E-state index contributed by atoms with van der Waals surface area (Å²) in [5, 5.41) is 3.20. The van der Waals surface area contributed by atoms with E-state index in [1.807, 2.05) is 18.2 Å². The van der Waals surface area contributed by atoms with E-state index in [2.05, 4.69) is 29.5 Å². The van der Waals surface area contributed by atoms with Gasteiger partial charge in [0.05, 0.1) is 12.3 Å². The highest BCUT2D eigenvalue weighted by molar-refractivity contribution is 7.10. The maximum atomic E-state index is 5.79. The molecule has 1 saturated heterocycles. The second-order valence-electron chi connectivity index (χ2n) is 4.56. The van der Waals surface area contributed by atoms with Gasteiger partial charge >= 0.3 is 0 Å². The average Bonchev–Trinajstić information content (AvgIpc) is 2.89. The molecular formula is C14H16N2OS. The summed E-state index contributed by atoms with van der Waals surface area (Å²) in [5.41, 5.74) is 2.22. The highest BCUT2D eigenvalue weighted by atomic mass is 32.1. The molecule has 2 heterocycles. The van der Waals surface area contributed by atoms with Gasteiger partial charge in [-0.05, 0) is 7.05 Å². The molecule has 3 nitrogen and oxygen atoms in total. The highest BCUT2D eigenvalue weighted by Gasteiger charge is 2.22. The van der Waals surface area contributed by atoms with E-state index in [0.29, 0.717) is 0 Å². The number of nitrogens with zero attached hydrogens (tertiary/aromatic N) is 2. The molecule has 1 atom stereocenters. The zero-order valence-corrected chi connectivity index (χ0v) is 11.2. The van der Waals surface area contributed by atoms with Crippen molar-refractivity contribution < 1.29 is 4.74 Å². The van der Waals surface area contributed by atoms with Crippen LogP contribution in [0, 0.1) is 0 Å². The highest BCUT2D eigenvalue weighted by Crippen LogP contribution is 2.28. The zero-order valence-electron chi connectivity index (χ0n) is 10.4. The normalized spacial score (nSPS) is 21.1. The van der Waals surface area contributed by atoms with Crippen LogP contribution < -0.4 is 0 Å². The third-order valence-corrected chi connectivity index (χ3v) is 4.07. The maximum Gasteiger partial charge on any atom is 0.124 e. The molecule has 18 heavy (non-hydrogen) atoms. The molecule has 0 bridgehead atoms. The minimum atomic E-state index is 0.131. The van der Waals surface area contributed by atoms with Gasteiger partial charge in [-0.3, -0.25) is 0 Å². The SMILES string of the molecule is CN1CCOC(c2nc(-c3ccccc3)cs2)C1. The first-order valence-corrected chi connectivity index (χ1v) is 7.02. The van der Waals surface area contributed by atoms with Gasteiger partial charge in [0, 0.05) is 24.0 Å². The predicted molar refractivity (Wildman–Crippen MR) is 73.7 cm³/mol. The van der Waals surface area contributed by atoms with Crippen molar-refractivity contribution in [1.29, 1.82) is 0 Å². The summed E-state index contributed by atoms with van der Waals surface area (Å²) >= 11 is 1.69. The summed E-state index contributed by atoms with van der Waals surface area (Å²) in [6, 6.07) is 10.3. The number of benzene rings is 1. The summed E-state index contributed by atoms with van der Waals surface area (Å²) < 4.78 is 5.79. The summed E-state index contributed by atoms with van der Waals surface area (Å²) in [4.78, 5) is 6.99. The van der Waals surface area contributed by atoms with Gasteiger partial charge in [0.15, 0.2) is 0 Å². The van der Waals surface area contributed by atoms with E-state index in [4.69, 9.17) is 9.72 Å². The lowest BCUT2D eigenvalue weighted by molar-refractivity contribution is -0.0209. The van der Waals surface area contributed by atoms with Crippen molar-refractivity contribution in [3.05, 3.63) is 40.7 Å². The number of hydrogen-bond acceptors (Lipinski definition) is 4. The molecule has 1 aliphatic heterocycles. The van der Waals surface area contributed by atoms with Gasteiger partial charge in [-0.25, -0.2) is 4.98 Å². The first kappa shape index (κ1) is 11.8. The standard InChI is InChI=1S/C14H16N2OS/c1-16-7-8-17-13(9-16)14-15-12(10-18-14)11-5-3-2-4-6-11/h2-6,10,13H,7-9H2,1H3. The smallest absolute Gasteiger partial charge is 0.124 e. The Kier molecular flexibility index (Phi) is 3.41. The second-order valence-corrected chi connectivity index (χ2v) is 5.45. The molecule has 1 aliphatic rings. The summed E-state index contributed by atoms with van der Waals surface area (Å²) in [5.74, 6) is 0. The fourth-order valence-electron chi connectivity index (χ4n) is 2.10. The third kappa shape index (κ3) is 2.46. The molecule has 4 heteroatoms. The van der Waals surface area contributed by atoms with Crippen molar-refractivity contribution in [2.45, 2.75) is 6.10 Å². The topological polar surface area (TPSA) is 25.4 Å². The maximum absolute atomic E-state index is 5.79. The molecule has 2 aromatic rings. The van der Waals surface area contributed by atoms with E-state index >= 15 is 0 Å². The first-order valence-electron chi connectivity index (χ1n) is 6.14. The van der Waals surface area contributed by atoms with Gasteiger partial charge in [0.25, 0.3) is 0 Å². The van der Waals surface area contributed by atoms with E-state index < -0.39 is 0 Å². The predicted octanol–water partition coefficient (Wildman–Crippen LogP) is 2.81. The fourth-order valence-corrected chi connectivity index (χ4v) is 2.97. The van der Waals surface area contributed by atoms with Crippen LogP contribution in [-0.4, -0.2) is 36.6 Å². The van der Waals surface area contributed by atoms with E-state index in [1.54, 1.807) is 11.3 Å². The Balaban J connectivity index is 1.81. The van der Waals surface area contributed by atoms with Crippen LogP contribution in [0.15, 0.2) is 35.7 Å². The van der Waals surface area contributed by atoms with Crippen LogP contribution in [0.25, 0.3) is 11.3 Å². The largest absolute Gasteiger partial charge is 0.368 e. The van der Waals surface area contributed by atoms with Crippen LogP contribution in [-0.2, 0) is 4.74 Å². The first-order chi connectivity index (χ1) is 8.83. The van der Waals surface area contributed by atoms with E-state index in [9.17, 15) is 0 Å². The van der Waals surface area contributed by atoms with Crippen molar-refractivity contribution in [2.75, 3.05) is 26.7 Å². The monoisotopic (exact) mass is 260 g/mol. The molecule has 0 amide bonds. The Bertz CT molecular complexity index is 512. The van der Waals surface area contributed by atoms with Crippen LogP contribution in [0.1, 0.15) is 11.1 Å². The summed E-state index contributed by atoms with van der Waals surface area (Å²) in [6.45, 7) is 2.73. The molecule has 0 aliphatic carbocycles. The van der Waals surface area contributed by atoms with Crippen molar-refractivity contribution in [2.24, 2.45) is 0 Å². The summed E-state index contributed by atoms with van der Waals surface area (Å²) in [6.07, 6.45) is 0.131. The molecule has 1 aromatic heterocycles. The molecular weight excluding hydrogens is 244 g/mol. The molecule has 1 fully saturated rings. The molecule has 94 valence electrons. The van der Waals surface area contributed by atoms with Crippen molar-refractivity contribution in [3.8, 4) is 11.3 Å². The fraction of sp³-hybridized carbons (Fsp3) is 0.357. The number of rotatable bonds is 2. The molecule has 1 unspecified atom stereocenters.